The van der Waals surface area contributed by atoms with Crippen molar-refractivity contribution in [2.24, 2.45) is 5.92 Å². The third-order valence-corrected chi connectivity index (χ3v) is 5.20. The molecular weight excluding hydrogens is 387 g/mol. The highest BCUT2D eigenvalue weighted by molar-refractivity contribution is 5.88. The van der Waals surface area contributed by atoms with E-state index in [-0.39, 0.29) is 30.1 Å². The maximum atomic E-state index is 13.0. The molecule has 1 fully saturated rings. The zero-order valence-electron chi connectivity index (χ0n) is 17.9. The van der Waals surface area contributed by atoms with E-state index >= 15 is 0 Å². The van der Waals surface area contributed by atoms with Gasteiger partial charge in [0.05, 0.1) is 5.92 Å². The molecule has 3 N–H and O–H groups in total. The average Bonchev–Trinajstić information content (AvgIpc) is 2.76. The van der Waals surface area contributed by atoms with Crippen molar-refractivity contribution in [3.63, 3.8) is 0 Å². The smallest absolute Gasteiger partial charge is 0.315 e. The first kappa shape index (κ1) is 23.6. The van der Waals surface area contributed by atoms with E-state index in [0.29, 0.717) is 26.1 Å². The lowest BCUT2D eigenvalue weighted by Gasteiger charge is -2.34. The van der Waals surface area contributed by atoms with Gasteiger partial charge >= 0.3 is 6.03 Å². The quantitative estimate of drug-likeness (QED) is 0.573. The first-order chi connectivity index (χ1) is 14.4. The molecule has 2 unspecified atom stereocenters. The number of benzene rings is 1. The zero-order chi connectivity index (χ0) is 21.9. The Labute approximate surface area is 177 Å². The first-order valence-electron chi connectivity index (χ1n) is 10.8. The second kappa shape index (κ2) is 12.1. The van der Waals surface area contributed by atoms with E-state index in [4.69, 9.17) is 0 Å². The average molecular weight is 421 g/mol. The molecule has 30 heavy (non-hydrogen) atoms. The molecule has 2 atom stereocenters. The summed E-state index contributed by atoms with van der Waals surface area (Å²) in [7, 11) is 0. The molecule has 0 aliphatic carbocycles. The highest BCUT2D eigenvalue weighted by Crippen LogP contribution is 2.18. The molecule has 0 bridgehead atoms. The molecule has 0 spiro atoms. The van der Waals surface area contributed by atoms with E-state index in [9.17, 15) is 18.8 Å². The minimum atomic E-state index is -0.638. The zero-order valence-corrected chi connectivity index (χ0v) is 17.9. The van der Waals surface area contributed by atoms with Crippen LogP contribution in [0.3, 0.4) is 0 Å². The monoisotopic (exact) mass is 420 g/mol. The molecule has 1 aliphatic heterocycles. The number of nitrogens with one attached hydrogen (secondary N) is 3. The molecule has 2 rings (SSSR count). The van der Waals surface area contributed by atoms with Gasteiger partial charge in [-0.15, -0.1) is 0 Å². The fourth-order valence-corrected chi connectivity index (χ4v) is 3.54. The number of carbonyl (C=O) groups excluding carboxylic acids is 3. The minimum Gasteiger partial charge on any atom is -0.356 e. The van der Waals surface area contributed by atoms with Gasteiger partial charge in [0.1, 0.15) is 11.9 Å². The van der Waals surface area contributed by atoms with Gasteiger partial charge in [-0.05, 0) is 43.4 Å². The fraction of sp³-hybridized carbons (Fsp3) is 0.591. The van der Waals surface area contributed by atoms with Gasteiger partial charge in [0, 0.05) is 26.2 Å². The van der Waals surface area contributed by atoms with Crippen LogP contribution in [0.15, 0.2) is 24.3 Å². The summed E-state index contributed by atoms with van der Waals surface area (Å²) in [5, 5.41) is 8.37. The van der Waals surface area contributed by atoms with Gasteiger partial charge in [-0.2, -0.15) is 0 Å². The molecule has 8 heteroatoms. The van der Waals surface area contributed by atoms with Crippen molar-refractivity contribution < 1.29 is 18.8 Å². The van der Waals surface area contributed by atoms with Crippen molar-refractivity contribution in [2.45, 2.75) is 58.5 Å². The summed E-state index contributed by atoms with van der Waals surface area (Å²) in [5.74, 6) is -0.697. The van der Waals surface area contributed by atoms with Crippen LogP contribution in [0, 0.1) is 11.7 Å². The van der Waals surface area contributed by atoms with Gasteiger partial charge in [0.25, 0.3) is 0 Å². The van der Waals surface area contributed by atoms with Crippen LogP contribution in [-0.4, -0.2) is 48.4 Å². The number of hydrogen-bond acceptors (Lipinski definition) is 3. The number of amides is 4. The molecule has 0 aromatic heterocycles. The fourth-order valence-electron chi connectivity index (χ4n) is 3.54. The number of hydrogen-bond donors (Lipinski definition) is 3. The summed E-state index contributed by atoms with van der Waals surface area (Å²) in [6.45, 7) is 5.80. The third kappa shape index (κ3) is 7.31. The standard InChI is InChI=1S/C22H33FN4O3/c1-3-6-19(26-22(30)25-14-16-8-10-18(23)11-9-16)21(29)27-13-5-7-17(15-27)20(28)24-12-4-2/h8-11,17,19H,3-7,12-15H2,1-2H3,(H,24,28)(H2,25,26,30). The molecule has 1 saturated heterocycles. The lowest BCUT2D eigenvalue weighted by molar-refractivity contribution is -0.137. The lowest BCUT2D eigenvalue weighted by Crippen LogP contribution is -2.54. The number of nitrogens with zero attached hydrogens (tertiary/aromatic N) is 1. The number of likely N-dealkylation sites (tertiary alicyclic amines) is 1. The van der Waals surface area contributed by atoms with E-state index in [1.807, 2.05) is 13.8 Å². The number of carbonyl (C=O) groups is 3. The van der Waals surface area contributed by atoms with Gasteiger partial charge in [0.15, 0.2) is 0 Å². The largest absolute Gasteiger partial charge is 0.356 e. The van der Waals surface area contributed by atoms with Gasteiger partial charge in [-0.25, -0.2) is 9.18 Å². The molecule has 166 valence electrons. The van der Waals surface area contributed by atoms with Crippen LogP contribution in [-0.2, 0) is 16.1 Å². The Hall–Kier alpha value is -2.64. The molecule has 0 radical (unpaired) electrons. The van der Waals surface area contributed by atoms with Gasteiger partial charge in [0.2, 0.25) is 11.8 Å². The van der Waals surface area contributed by atoms with E-state index in [2.05, 4.69) is 16.0 Å². The Balaban J connectivity index is 1.90. The summed E-state index contributed by atoms with van der Waals surface area (Å²) in [5.41, 5.74) is 0.766. The highest BCUT2D eigenvalue weighted by Gasteiger charge is 2.32. The van der Waals surface area contributed by atoms with E-state index in [0.717, 1.165) is 31.2 Å². The van der Waals surface area contributed by atoms with Crippen molar-refractivity contribution in [3.05, 3.63) is 35.6 Å². The van der Waals surface area contributed by atoms with Crippen LogP contribution in [0.4, 0.5) is 9.18 Å². The topological polar surface area (TPSA) is 90.5 Å². The first-order valence-corrected chi connectivity index (χ1v) is 10.8. The number of rotatable bonds is 9. The van der Waals surface area contributed by atoms with E-state index < -0.39 is 12.1 Å². The van der Waals surface area contributed by atoms with Crippen molar-refractivity contribution >= 4 is 17.8 Å². The minimum absolute atomic E-state index is 0.00797. The third-order valence-electron chi connectivity index (χ3n) is 5.20. The number of piperidine rings is 1. The van der Waals surface area contributed by atoms with Crippen LogP contribution < -0.4 is 16.0 Å². The Morgan fingerprint density at radius 3 is 2.53 bits per heavy atom. The molecule has 7 nitrogen and oxygen atoms in total. The van der Waals surface area contributed by atoms with Gasteiger partial charge in [-0.1, -0.05) is 32.4 Å². The lowest BCUT2D eigenvalue weighted by atomic mass is 9.96. The summed E-state index contributed by atoms with van der Waals surface area (Å²) >= 11 is 0. The Kier molecular flexibility index (Phi) is 9.57. The molecule has 1 aromatic rings. The van der Waals surface area contributed by atoms with Gasteiger partial charge < -0.3 is 20.9 Å². The van der Waals surface area contributed by atoms with E-state index in [1.54, 1.807) is 17.0 Å². The number of urea groups is 1. The summed E-state index contributed by atoms with van der Waals surface area (Å²) in [4.78, 5) is 39.3. The summed E-state index contributed by atoms with van der Waals surface area (Å²) < 4.78 is 13.0. The van der Waals surface area contributed by atoms with Crippen LogP contribution in [0.1, 0.15) is 51.5 Å². The normalized spacial score (nSPS) is 17.2. The van der Waals surface area contributed by atoms with Crippen LogP contribution in [0.2, 0.25) is 0 Å². The van der Waals surface area contributed by atoms with E-state index in [1.165, 1.54) is 12.1 Å². The second-order valence-corrected chi connectivity index (χ2v) is 7.71. The molecule has 0 saturated carbocycles. The number of halogens is 1. The molecule has 1 aromatic carbocycles. The Morgan fingerprint density at radius 2 is 1.87 bits per heavy atom. The Bertz CT molecular complexity index is 711. The molecule has 1 aliphatic rings. The predicted octanol–water partition coefficient (Wildman–Crippen LogP) is 2.56. The summed E-state index contributed by atoms with van der Waals surface area (Å²) in [6.07, 6.45) is 3.67. The van der Waals surface area contributed by atoms with Crippen molar-refractivity contribution in [2.75, 3.05) is 19.6 Å². The second-order valence-electron chi connectivity index (χ2n) is 7.71. The van der Waals surface area contributed by atoms with Crippen molar-refractivity contribution in [1.29, 1.82) is 0 Å². The predicted molar refractivity (Wildman–Crippen MR) is 113 cm³/mol. The summed E-state index contributed by atoms with van der Waals surface area (Å²) in [6, 6.07) is 4.79. The molecule has 4 amide bonds. The van der Waals surface area contributed by atoms with Crippen LogP contribution >= 0.6 is 0 Å². The Morgan fingerprint density at radius 1 is 1.13 bits per heavy atom. The van der Waals surface area contributed by atoms with Crippen LogP contribution in [0.5, 0.6) is 0 Å². The molecule has 1 heterocycles. The maximum Gasteiger partial charge on any atom is 0.315 e. The highest BCUT2D eigenvalue weighted by atomic mass is 19.1. The molecular formula is C22H33FN4O3. The van der Waals surface area contributed by atoms with Crippen LogP contribution in [0.25, 0.3) is 0 Å². The van der Waals surface area contributed by atoms with Crippen molar-refractivity contribution in [3.8, 4) is 0 Å². The SMILES string of the molecule is CCCNC(=O)C1CCCN(C(=O)C(CCC)NC(=O)NCc2ccc(F)cc2)C1. The van der Waals surface area contributed by atoms with Gasteiger partial charge in [-0.3, -0.25) is 9.59 Å². The van der Waals surface area contributed by atoms with Crippen molar-refractivity contribution in [1.82, 2.24) is 20.9 Å². The maximum absolute atomic E-state index is 13.0.